The third kappa shape index (κ3) is 3.62. The van der Waals surface area contributed by atoms with Crippen LogP contribution in [0, 0.1) is 12.7 Å². The zero-order chi connectivity index (χ0) is 18.8. The van der Waals surface area contributed by atoms with E-state index in [0.717, 1.165) is 17.7 Å². The van der Waals surface area contributed by atoms with E-state index in [4.69, 9.17) is 0 Å². The first-order valence-electron chi connectivity index (χ1n) is 8.59. The molecule has 0 saturated carbocycles. The van der Waals surface area contributed by atoms with Crippen LogP contribution in [0.4, 0.5) is 10.2 Å². The molecule has 1 saturated heterocycles. The van der Waals surface area contributed by atoms with E-state index in [1.165, 1.54) is 18.6 Å². The summed E-state index contributed by atoms with van der Waals surface area (Å²) < 4.78 is 15.0. The molecule has 0 unspecified atom stereocenters. The molecule has 0 atom stereocenters. The van der Waals surface area contributed by atoms with Gasteiger partial charge in [-0.1, -0.05) is 0 Å². The highest BCUT2D eigenvalue weighted by Gasteiger charge is 2.23. The zero-order valence-corrected chi connectivity index (χ0v) is 14.8. The second kappa shape index (κ2) is 7.10. The summed E-state index contributed by atoms with van der Waals surface area (Å²) in [7, 11) is 0. The van der Waals surface area contributed by atoms with Crippen molar-refractivity contribution in [3.05, 3.63) is 60.2 Å². The van der Waals surface area contributed by atoms with Gasteiger partial charge in [-0.15, -0.1) is 0 Å². The highest BCUT2D eigenvalue weighted by Crippen LogP contribution is 2.17. The van der Waals surface area contributed by atoms with E-state index in [9.17, 15) is 9.18 Å². The average molecular weight is 367 g/mol. The lowest BCUT2D eigenvalue weighted by molar-refractivity contribution is 0.0745. The van der Waals surface area contributed by atoms with Gasteiger partial charge in [-0.05, 0) is 19.1 Å². The molecule has 4 heterocycles. The van der Waals surface area contributed by atoms with Gasteiger partial charge in [0.25, 0.3) is 5.91 Å². The fourth-order valence-electron chi connectivity index (χ4n) is 3.03. The van der Waals surface area contributed by atoms with Crippen LogP contribution in [0.2, 0.25) is 0 Å². The maximum atomic E-state index is 13.3. The number of carbonyl (C=O) groups is 1. The monoisotopic (exact) mass is 367 g/mol. The predicted molar refractivity (Wildman–Crippen MR) is 96.2 cm³/mol. The van der Waals surface area contributed by atoms with E-state index < -0.39 is 5.82 Å². The van der Waals surface area contributed by atoms with Crippen LogP contribution in [0.1, 0.15) is 16.1 Å². The molecular formula is C18H18FN7O. The number of carbonyl (C=O) groups excluding carboxylic acids is 1. The minimum absolute atomic E-state index is 0.211. The smallest absolute Gasteiger partial charge is 0.255 e. The van der Waals surface area contributed by atoms with E-state index in [0.29, 0.717) is 32.0 Å². The lowest BCUT2D eigenvalue weighted by atomic mass is 10.2. The van der Waals surface area contributed by atoms with Gasteiger partial charge in [-0.3, -0.25) is 9.78 Å². The van der Waals surface area contributed by atoms with E-state index in [2.05, 4.69) is 25.0 Å². The predicted octanol–water partition coefficient (Wildman–Crippen LogP) is 1.47. The Morgan fingerprint density at radius 1 is 1.07 bits per heavy atom. The number of aryl methyl sites for hydroxylation is 1. The summed E-state index contributed by atoms with van der Waals surface area (Å²) in [5, 5.41) is 4.36. The quantitative estimate of drug-likeness (QED) is 0.697. The van der Waals surface area contributed by atoms with Crippen LogP contribution in [-0.4, -0.2) is 61.7 Å². The van der Waals surface area contributed by atoms with Crippen LogP contribution in [0.25, 0.3) is 5.82 Å². The Hall–Kier alpha value is -3.36. The lowest BCUT2D eigenvalue weighted by Crippen LogP contribution is -2.49. The summed E-state index contributed by atoms with van der Waals surface area (Å²) in [4.78, 5) is 28.6. The molecule has 0 radical (unpaired) electrons. The van der Waals surface area contributed by atoms with Crippen LogP contribution in [0.5, 0.6) is 0 Å². The van der Waals surface area contributed by atoms with E-state index in [-0.39, 0.29) is 11.5 Å². The molecule has 9 heteroatoms. The summed E-state index contributed by atoms with van der Waals surface area (Å²) in [6.45, 7) is 4.22. The second-order valence-electron chi connectivity index (χ2n) is 6.31. The van der Waals surface area contributed by atoms with E-state index in [1.807, 2.05) is 25.3 Å². The van der Waals surface area contributed by atoms with Crippen molar-refractivity contribution in [2.75, 3.05) is 31.1 Å². The molecule has 27 heavy (non-hydrogen) atoms. The molecule has 1 aliphatic rings. The summed E-state index contributed by atoms with van der Waals surface area (Å²) in [6.07, 6.45) is 5.84. The van der Waals surface area contributed by atoms with Gasteiger partial charge < -0.3 is 9.80 Å². The van der Waals surface area contributed by atoms with Crippen LogP contribution in [-0.2, 0) is 0 Å². The fraction of sp³-hybridized carbons (Fsp3) is 0.278. The van der Waals surface area contributed by atoms with E-state index >= 15 is 0 Å². The van der Waals surface area contributed by atoms with Crippen molar-refractivity contribution in [3.8, 4) is 5.82 Å². The molecule has 3 aromatic heterocycles. The minimum atomic E-state index is -0.512. The van der Waals surface area contributed by atoms with Gasteiger partial charge in [0.1, 0.15) is 18.0 Å². The molecule has 0 spiro atoms. The average Bonchev–Trinajstić information content (AvgIpc) is 3.14. The number of nitrogens with zero attached hydrogens (tertiary/aromatic N) is 7. The van der Waals surface area contributed by atoms with Gasteiger partial charge >= 0.3 is 0 Å². The van der Waals surface area contributed by atoms with Crippen LogP contribution in [0.15, 0.2) is 43.1 Å². The van der Waals surface area contributed by atoms with Crippen molar-refractivity contribution in [1.29, 1.82) is 0 Å². The second-order valence-corrected chi connectivity index (χ2v) is 6.31. The fourth-order valence-corrected chi connectivity index (χ4v) is 3.03. The summed E-state index contributed by atoms with van der Waals surface area (Å²) in [5.41, 5.74) is 1.18. The van der Waals surface area contributed by atoms with Crippen molar-refractivity contribution >= 4 is 11.7 Å². The highest BCUT2D eigenvalue weighted by molar-refractivity contribution is 5.94. The number of piperazine rings is 1. The molecule has 0 N–H and O–H groups in total. The van der Waals surface area contributed by atoms with Crippen LogP contribution in [0.3, 0.4) is 0 Å². The molecule has 0 aliphatic carbocycles. The van der Waals surface area contributed by atoms with Crippen LogP contribution >= 0.6 is 0 Å². The van der Waals surface area contributed by atoms with Gasteiger partial charge in [-0.2, -0.15) is 5.10 Å². The van der Waals surface area contributed by atoms with Crippen molar-refractivity contribution in [2.24, 2.45) is 0 Å². The molecule has 0 aromatic carbocycles. The largest absolute Gasteiger partial charge is 0.353 e. The Labute approximate surface area is 155 Å². The number of halogens is 1. The normalized spacial score (nSPS) is 14.4. The first-order chi connectivity index (χ1) is 13.1. The maximum Gasteiger partial charge on any atom is 0.255 e. The SMILES string of the molecule is Cc1ccn(-c2cc(N3CCN(C(=O)c4cncc(F)c4)CC3)ncn2)n1. The zero-order valence-electron chi connectivity index (χ0n) is 14.8. The Morgan fingerprint density at radius 2 is 1.85 bits per heavy atom. The van der Waals surface area contributed by atoms with Crippen molar-refractivity contribution in [2.45, 2.75) is 6.92 Å². The standard InChI is InChI=1S/C18H18FN7O/c1-13-2-3-26(23-13)17-9-16(21-12-22-17)24-4-6-25(7-5-24)18(27)14-8-15(19)11-20-10-14/h2-3,8-12H,4-7H2,1H3. The number of hydrogen-bond donors (Lipinski definition) is 0. The summed E-state index contributed by atoms with van der Waals surface area (Å²) in [5.74, 6) is 0.754. The molecular weight excluding hydrogens is 349 g/mol. The van der Waals surface area contributed by atoms with Gasteiger partial charge in [0.2, 0.25) is 0 Å². The van der Waals surface area contributed by atoms with E-state index in [1.54, 1.807) is 9.58 Å². The maximum absolute atomic E-state index is 13.3. The number of rotatable bonds is 3. The van der Waals surface area contributed by atoms with Gasteiger partial charge in [0.05, 0.1) is 17.5 Å². The number of amides is 1. The Bertz CT molecular complexity index is 966. The molecule has 1 aliphatic heterocycles. The van der Waals surface area contributed by atoms with Gasteiger partial charge in [-0.25, -0.2) is 19.0 Å². The minimum Gasteiger partial charge on any atom is -0.353 e. The Morgan fingerprint density at radius 3 is 2.56 bits per heavy atom. The molecule has 3 aromatic rings. The number of anilines is 1. The van der Waals surface area contributed by atoms with Crippen molar-refractivity contribution < 1.29 is 9.18 Å². The number of aromatic nitrogens is 5. The summed E-state index contributed by atoms with van der Waals surface area (Å²) >= 11 is 0. The summed E-state index contributed by atoms with van der Waals surface area (Å²) in [6, 6.07) is 5.00. The third-order valence-electron chi connectivity index (χ3n) is 4.44. The lowest BCUT2D eigenvalue weighted by Gasteiger charge is -2.35. The molecule has 1 amide bonds. The van der Waals surface area contributed by atoms with Crippen LogP contribution < -0.4 is 4.90 Å². The van der Waals surface area contributed by atoms with Gasteiger partial charge in [0, 0.05) is 44.6 Å². The number of hydrogen-bond acceptors (Lipinski definition) is 6. The van der Waals surface area contributed by atoms with Crippen molar-refractivity contribution in [1.82, 2.24) is 29.6 Å². The first kappa shape index (κ1) is 17.1. The molecule has 8 nitrogen and oxygen atoms in total. The molecule has 138 valence electrons. The van der Waals surface area contributed by atoms with Crippen molar-refractivity contribution in [3.63, 3.8) is 0 Å². The Kier molecular flexibility index (Phi) is 4.49. The topological polar surface area (TPSA) is 80.0 Å². The number of pyridine rings is 1. The Balaban J connectivity index is 1.44. The first-order valence-corrected chi connectivity index (χ1v) is 8.59. The van der Waals surface area contributed by atoms with Gasteiger partial charge in [0.15, 0.2) is 5.82 Å². The molecule has 4 rings (SSSR count). The highest BCUT2D eigenvalue weighted by atomic mass is 19.1. The third-order valence-corrected chi connectivity index (χ3v) is 4.44. The molecule has 0 bridgehead atoms. The molecule has 1 fully saturated rings.